The fourth-order valence-corrected chi connectivity index (χ4v) is 1.88. The molecule has 1 rings (SSSR count). The first kappa shape index (κ1) is 16.7. The molecule has 4 nitrogen and oxygen atoms in total. The van der Waals surface area contributed by atoms with E-state index in [0.717, 1.165) is 0 Å². The molecule has 0 heterocycles. The van der Waals surface area contributed by atoms with E-state index in [4.69, 9.17) is 6.42 Å². The maximum atomic E-state index is 13.0. The molecule has 0 unspecified atom stereocenters. The van der Waals surface area contributed by atoms with Crippen molar-refractivity contribution in [3.05, 3.63) is 35.6 Å². The second-order valence-electron chi connectivity index (χ2n) is 4.55. The Kier molecular flexibility index (Phi) is 6.96. The second-order valence-corrected chi connectivity index (χ2v) is 4.55. The van der Waals surface area contributed by atoms with Gasteiger partial charge in [0.15, 0.2) is 0 Å². The molecular weight excluding hydrogens is 273 g/mol. The molecular formula is C16H18FNO3. The van der Waals surface area contributed by atoms with Gasteiger partial charge in [0.1, 0.15) is 11.9 Å². The van der Waals surface area contributed by atoms with E-state index >= 15 is 0 Å². The summed E-state index contributed by atoms with van der Waals surface area (Å²) in [6, 6.07) is 5.03. The third-order valence-corrected chi connectivity index (χ3v) is 2.89. The number of rotatable bonds is 7. The van der Waals surface area contributed by atoms with Crippen LogP contribution in [0.25, 0.3) is 0 Å². The van der Waals surface area contributed by atoms with Gasteiger partial charge in [-0.25, -0.2) is 9.18 Å². The summed E-state index contributed by atoms with van der Waals surface area (Å²) in [4.78, 5) is 23.5. The van der Waals surface area contributed by atoms with E-state index in [1.165, 1.54) is 25.3 Å². The van der Waals surface area contributed by atoms with Crippen LogP contribution >= 0.6 is 0 Å². The molecule has 0 aliphatic rings. The molecule has 0 saturated heterocycles. The van der Waals surface area contributed by atoms with Crippen molar-refractivity contribution in [1.29, 1.82) is 0 Å². The zero-order chi connectivity index (χ0) is 15.7. The Morgan fingerprint density at radius 2 is 2.24 bits per heavy atom. The standard InChI is InChI=1S/C16H18FNO3/c1-3-4-5-9-14(16(20)21-2)18-15(19)11-12-7-6-8-13(17)10-12/h1,6-8,10,14H,4-5,9,11H2,2H3,(H,18,19)/t14-/m0/s1. The van der Waals surface area contributed by atoms with E-state index in [2.05, 4.69) is 16.0 Å². The monoisotopic (exact) mass is 291 g/mol. The van der Waals surface area contributed by atoms with E-state index in [-0.39, 0.29) is 12.3 Å². The Morgan fingerprint density at radius 3 is 2.86 bits per heavy atom. The lowest BCUT2D eigenvalue weighted by atomic mass is 10.1. The van der Waals surface area contributed by atoms with Gasteiger partial charge in [-0.1, -0.05) is 12.1 Å². The van der Waals surface area contributed by atoms with Crippen LogP contribution in [0.2, 0.25) is 0 Å². The lowest BCUT2D eigenvalue weighted by Gasteiger charge is -2.16. The Morgan fingerprint density at radius 1 is 1.48 bits per heavy atom. The molecule has 0 aromatic heterocycles. The number of methoxy groups -OCH3 is 1. The highest BCUT2D eigenvalue weighted by molar-refractivity contribution is 5.85. The van der Waals surface area contributed by atoms with Gasteiger partial charge < -0.3 is 10.1 Å². The smallest absolute Gasteiger partial charge is 0.328 e. The molecule has 0 fully saturated rings. The minimum absolute atomic E-state index is 0.000390. The lowest BCUT2D eigenvalue weighted by molar-refractivity contribution is -0.145. The predicted molar refractivity (Wildman–Crippen MR) is 76.7 cm³/mol. The maximum Gasteiger partial charge on any atom is 0.328 e. The number of halogens is 1. The number of nitrogens with one attached hydrogen (secondary N) is 1. The van der Waals surface area contributed by atoms with E-state index in [0.29, 0.717) is 24.8 Å². The third-order valence-electron chi connectivity index (χ3n) is 2.89. The number of carbonyl (C=O) groups is 2. The molecule has 1 aromatic carbocycles. The van der Waals surface area contributed by atoms with Crippen LogP contribution in [0.3, 0.4) is 0 Å². The molecule has 1 N–H and O–H groups in total. The second kappa shape index (κ2) is 8.75. The minimum atomic E-state index is -0.732. The molecule has 0 bridgehead atoms. The van der Waals surface area contributed by atoms with Crippen molar-refractivity contribution >= 4 is 11.9 Å². The molecule has 112 valence electrons. The Bertz CT molecular complexity index is 537. The van der Waals surface area contributed by atoms with Crippen LogP contribution in [0, 0.1) is 18.2 Å². The molecule has 0 spiro atoms. The van der Waals surface area contributed by atoms with Crippen LogP contribution < -0.4 is 5.32 Å². The average Bonchev–Trinajstić information content (AvgIpc) is 2.45. The number of hydrogen-bond donors (Lipinski definition) is 1. The highest BCUT2D eigenvalue weighted by Gasteiger charge is 2.20. The number of benzene rings is 1. The van der Waals surface area contributed by atoms with Gasteiger partial charge in [-0.15, -0.1) is 12.3 Å². The summed E-state index contributed by atoms with van der Waals surface area (Å²) in [5.41, 5.74) is 0.541. The van der Waals surface area contributed by atoms with Crippen molar-refractivity contribution < 1.29 is 18.7 Å². The summed E-state index contributed by atoms with van der Waals surface area (Å²) in [6.07, 6.45) is 6.69. The molecule has 1 aromatic rings. The molecule has 1 amide bonds. The van der Waals surface area contributed by atoms with Crippen LogP contribution in [-0.4, -0.2) is 25.0 Å². The van der Waals surface area contributed by atoms with E-state index in [1.807, 2.05) is 0 Å². The van der Waals surface area contributed by atoms with Gasteiger partial charge in [0.25, 0.3) is 0 Å². The Labute approximate surface area is 123 Å². The van der Waals surface area contributed by atoms with Gasteiger partial charge in [0.05, 0.1) is 13.5 Å². The van der Waals surface area contributed by atoms with Crippen molar-refractivity contribution in [1.82, 2.24) is 5.32 Å². The summed E-state index contributed by atoms with van der Waals surface area (Å²) in [5, 5.41) is 2.59. The van der Waals surface area contributed by atoms with Crippen LogP contribution in [0.4, 0.5) is 4.39 Å². The summed E-state index contributed by atoms with van der Waals surface area (Å²) < 4.78 is 17.7. The maximum absolute atomic E-state index is 13.0. The fourth-order valence-electron chi connectivity index (χ4n) is 1.88. The fraction of sp³-hybridized carbons (Fsp3) is 0.375. The normalized spacial score (nSPS) is 11.3. The van der Waals surface area contributed by atoms with Gasteiger partial charge >= 0.3 is 5.97 Å². The van der Waals surface area contributed by atoms with Crippen molar-refractivity contribution in [2.75, 3.05) is 7.11 Å². The van der Waals surface area contributed by atoms with Crippen LogP contribution in [0.1, 0.15) is 24.8 Å². The number of ether oxygens (including phenoxy) is 1. The van der Waals surface area contributed by atoms with Crippen LogP contribution in [0.5, 0.6) is 0 Å². The predicted octanol–water partition coefficient (Wildman–Crippen LogP) is 1.83. The Hall–Kier alpha value is -2.35. The summed E-state index contributed by atoms with van der Waals surface area (Å²) in [7, 11) is 1.26. The summed E-state index contributed by atoms with van der Waals surface area (Å²) in [5.74, 6) is 1.19. The molecule has 0 aliphatic carbocycles. The van der Waals surface area contributed by atoms with Crippen molar-refractivity contribution in [3.63, 3.8) is 0 Å². The van der Waals surface area contributed by atoms with E-state index in [9.17, 15) is 14.0 Å². The summed E-state index contributed by atoms with van der Waals surface area (Å²) >= 11 is 0. The molecule has 21 heavy (non-hydrogen) atoms. The molecule has 0 aliphatic heterocycles. The van der Waals surface area contributed by atoms with Crippen molar-refractivity contribution in [2.45, 2.75) is 31.7 Å². The first-order valence-electron chi connectivity index (χ1n) is 6.62. The van der Waals surface area contributed by atoms with Gasteiger partial charge in [-0.3, -0.25) is 4.79 Å². The zero-order valence-corrected chi connectivity index (χ0v) is 11.9. The van der Waals surface area contributed by atoms with Gasteiger partial charge in [-0.05, 0) is 30.5 Å². The molecule has 5 heteroatoms. The largest absolute Gasteiger partial charge is 0.467 e. The van der Waals surface area contributed by atoms with Gasteiger partial charge in [-0.2, -0.15) is 0 Å². The first-order chi connectivity index (χ1) is 10.1. The average molecular weight is 291 g/mol. The lowest BCUT2D eigenvalue weighted by Crippen LogP contribution is -2.42. The number of unbranched alkanes of at least 4 members (excludes halogenated alkanes) is 1. The van der Waals surface area contributed by atoms with E-state index in [1.54, 1.807) is 6.07 Å². The first-order valence-corrected chi connectivity index (χ1v) is 6.62. The van der Waals surface area contributed by atoms with Gasteiger partial charge in [0, 0.05) is 6.42 Å². The SMILES string of the molecule is C#CCCC[C@H](NC(=O)Cc1cccc(F)c1)C(=O)OC. The number of terminal acetylenes is 1. The van der Waals surface area contributed by atoms with Crippen molar-refractivity contribution in [3.8, 4) is 12.3 Å². The highest BCUT2D eigenvalue weighted by atomic mass is 19.1. The topological polar surface area (TPSA) is 55.4 Å². The number of amides is 1. The molecule has 0 saturated carbocycles. The van der Waals surface area contributed by atoms with E-state index < -0.39 is 17.8 Å². The van der Waals surface area contributed by atoms with Crippen molar-refractivity contribution in [2.24, 2.45) is 0 Å². The Balaban J connectivity index is 2.59. The molecule has 0 radical (unpaired) electrons. The molecule has 1 atom stereocenters. The van der Waals surface area contributed by atoms with Crippen LogP contribution in [0.15, 0.2) is 24.3 Å². The number of carbonyl (C=O) groups excluding carboxylic acids is 2. The van der Waals surface area contributed by atoms with Gasteiger partial charge in [0.2, 0.25) is 5.91 Å². The minimum Gasteiger partial charge on any atom is -0.467 e. The zero-order valence-electron chi connectivity index (χ0n) is 11.9. The number of hydrogen-bond acceptors (Lipinski definition) is 3. The highest BCUT2D eigenvalue weighted by Crippen LogP contribution is 2.06. The number of esters is 1. The quantitative estimate of drug-likeness (QED) is 0.474. The van der Waals surface area contributed by atoms with Crippen LogP contribution in [-0.2, 0) is 20.7 Å². The summed E-state index contributed by atoms with van der Waals surface area (Å²) in [6.45, 7) is 0. The third kappa shape index (κ3) is 6.09.